The molecule has 0 bridgehead atoms. The fraction of sp³-hybridized carbons (Fsp3) is 0. The van der Waals surface area contributed by atoms with Crippen LogP contribution in [0, 0.1) is 0 Å². The molecule has 5 aromatic rings. The summed E-state index contributed by atoms with van der Waals surface area (Å²) in [7, 11) is -0.669. The first-order valence-corrected chi connectivity index (χ1v) is 12.1. The summed E-state index contributed by atoms with van der Waals surface area (Å²) in [6, 6.07) is 48.7. The molecule has 0 unspecified atom stereocenters. The summed E-state index contributed by atoms with van der Waals surface area (Å²) in [6.07, 6.45) is 0. The van der Waals surface area contributed by atoms with E-state index in [1.165, 1.54) is 27.0 Å². The third-order valence-corrected chi connectivity index (χ3v) is 7.82. The van der Waals surface area contributed by atoms with Crippen molar-refractivity contribution in [2.75, 3.05) is 0 Å². The first-order chi connectivity index (χ1) is 15.9. The molecular formula is C30H23OP. The van der Waals surface area contributed by atoms with Gasteiger partial charge in [0.15, 0.2) is 0 Å². The minimum atomic E-state index is -0.669. The highest BCUT2D eigenvalue weighted by molar-refractivity contribution is 7.80. The monoisotopic (exact) mass is 430 g/mol. The Morgan fingerprint density at radius 1 is 0.406 bits per heavy atom. The lowest BCUT2D eigenvalue weighted by atomic mass is 10.1. The Labute approximate surface area is 190 Å². The molecule has 5 rings (SSSR count). The van der Waals surface area contributed by atoms with E-state index >= 15 is 0 Å². The molecule has 32 heavy (non-hydrogen) atoms. The van der Waals surface area contributed by atoms with E-state index in [1.54, 1.807) is 0 Å². The molecule has 5 aromatic carbocycles. The van der Waals surface area contributed by atoms with Gasteiger partial charge in [-0.25, -0.2) is 0 Å². The van der Waals surface area contributed by atoms with Gasteiger partial charge in [-0.1, -0.05) is 115 Å². The van der Waals surface area contributed by atoms with Crippen molar-refractivity contribution in [3.63, 3.8) is 0 Å². The minimum Gasteiger partial charge on any atom is -0.457 e. The van der Waals surface area contributed by atoms with Crippen LogP contribution in [-0.4, -0.2) is 0 Å². The van der Waals surface area contributed by atoms with Crippen LogP contribution in [0.15, 0.2) is 140 Å². The van der Waals surface area contributed by atoms with Crippen LogP contribution in [0.1, 0.15) is 0 Å². The highest BCUT2D eigenvalue weighted by Gasteiger charge is 2.19. The lowest BCUT2D eigenvalue weighted by Crippen LogP contribution is -2.21. The maximum absolute atomic E-state index is 5.99. The predicted molar refractivity (Wildman–Crippen MR) is 137 cm³/mol. The summed E-state index contributed by atoms with van der Waals surface area (Å²) >= 11 is 0. The van der Waals surface area contributed by atoms with Gasteiger partial charge in [0.05, 0.1) is 0 Å². The molecule has 0 radical (unpaired) electrons. The molecule has 1 nitrogen and oxygen atoms in total. The number of para-hydroxylation sites is 1. The van der Waals surface area contributed by atoms with Crippen molar-refractivity contribution in [2.45, 2.75) is 0 Å². The summed E-state index contributed by atoms with van der Waals surface area (Å²) in [6.45, 7) is 0. The molecule has 0 aromatic heterocycles. The van der Waals surface area contributed by atoms with E-state index in [4.69, 9.17) is 4.74 Å². The Morgan fingerprint density at radius 2 is 0.875 bits per heavy atom. The van der Waals surface area contributed by atoms with Gasteiger partial charge < -0.3 is 4.74 Å². The van der Waals surface area contributed by atoms with Crippen LogP contribution < -0.4 is 20.7 Å². The Bertz CT molecular complexity index is 1230. The number of ether oxygens (including phenoxy) is 1. The highest BCUT2D eigenvalue weighted by Crippen LogP contribution is 2.37. The third-order valence-electron chi connectivity index (χ3n) is 5.32. The van der Waals surface area contributed by atoms with E-state index in [9.17, 15) is 0 Å². The number of hydrogen-bond donors (Lipinski definition) is 0. The van der Waals surface area contributed by atoms with Crippen LogP contribution in [0.4, 0.5) is 0 Å². The van der Waals surface area contributed by atoms with Gasteiger partial charge in [0.1, 0.15) is 11.5 Å². The van der Waals surface area contributed by atoms with Crippen LogP contribution in [-0.2, 0) is 0 Å². The molecule has 0 saturated heterocycles. The highest BCUT2D eigenvalue weighted by atomic mass is 31.1. The summed E-state index contributed by atoms with van der Waals surface area (Å²) in [5.74, 6) is 1.68. The molecule has 0 saturated carbocycles. The second-order valence-electron chi connectivity index (χ2n) is 7.46. The fourth-order valence-electron chi connectivity index (χ4n) is 3.82. The summed E-state index contributed by atoms with van der Waals surface area (Å²) < 4.78 is 5.99. The predicted octanol–water partition coefficient (Wildman–Crippen LogP) is 6.90. The van der Waals surface area contributed by atoms with Crippen LogP contribution in [0.25, 0.3) is 11.1 Å². The number of hydrogen-bond acceptors (Lipinski definition) is 1. The molecule has 0 spiro atoms. The standard InChI is InChI=1S/C30H23OP/c1-4-12-25(13-5-1)31-26-22-20-24(21-23-26)29-18-10-11-19-30(29)32(27-14-6-2-7-15-27)28-16-8-3-9-17-28/h1-23H. The largest absolute Gasteiger partial charge is 0.457 e. The second-order valence-corrected chi connectivity index (χ2v) is 9.65. The van der Waals surface area contributed by atoms with Gasteiger partial charge in [-0.3, -0.25) is 0 Å². The minimum absolute atomic E-state index is 0.669. The zero-order valence-corrected chi connectivity index (χ0v) is 18.5. The Balaban J connectivity index is 1.54. The maximum Gasteiger partial charge on any atom is 0.127 e. The van der Waals surface area contributed by atoms with E-state index in [2.05, 4.69) is 97.1 Å². The van der Waals surface area contributed by atoms with Crippen molar-refractivity contribution >= 4 is 23.8 Å². The Morgan fingerprint density at radius 3 is 1.47 bits per heavy atom. The van der Waals surface area contributed by atoms with E-state index in [0.717, 1.165) is 11.5 Å². The molecule has 0 amide bonds. The lowest BCUT2D eigenvalue weighted by molar-refractivity contribution is 0.483. The zero-order valence-electron chi connectivity index (χ0n) is 17.6. The van der Waals surface area contributed by atoms with Gasteiger partial charge in [0.2, 0.25) is 0 Å². The summed E-state index contributed by atoms with van der Waals surface area (Å²) in [4.78, 5) is 0. The van der Waals surface area contributed by atoms with Crippen molar-refractivity contribution in [3.05, 3.63) is 140 Å². The molecule has 0 atom stereocenters. The lowest BCUT2D eigenvalue weighted by Gasteiger charge is -2.22. The van der Waals surface area contributed by atoms with Gasteiger partial charge in [0.25, 0.3) is 0 Å². The van der Waals surface area contributed by atoms with Crippen LogP contribution in [0.5, 0.6) is 11.5 Å². The van der Waals surface area contributed by atoms with Crippen LogP contribution >= 0.6 is 7.92 Å². The Kier molecular flexibility index (Phi) is 6.10. The first kappa shape index (κ1) is 20.2. The molecule has 0 aliphatic carbocycles. The number of rotatable bonds is 6. The zero-order chi connectivity index (χ0) is 21.6. The van der Waals surface area contributed by atoms with Crippen LogP contribution in [0.2, 0.25) is 0 Å². The smallest absolute Gasteiger partial charge is 0.127 e. The molecular weight excluding hydrogens is 407 g/mol. The molecule has 2 heteroatoms. The fourth-order valence-corrected chi connectivity index (χ4v) is 6.30. The van der Waals surface area contributed by atoms with Crippen molar-refractivity contribution < 1.29 is 4.74 Å². The summed E-state index contributed by atoms with van der Waals surface area (Å²) in [5.41, 5.74) is 2.46. The molecule has 0 fully saturated rings. The molecule has 0 aliphatic heterocycles. The van der Waals surface area contributed by atoms with Gasteiger partial charge in [-0.05, 0) is 59.2 Å². The van der Waals surface area contributed by atoms with Crippen molar-refractivity contribution in [1.82, 2.24) is 0 Å². The first-order valence-electron chi connectivity index (χ1n) is 10.7. The average molecular weight is 430 g/mol. The van der Waals surface area contributed by atoms with Gasteiger partial charge >= 0.3 is 0 Å². The quantitative estimate of drug-likeness (QED) is 0.266. The van der Waals surface area contributed by atoms with Gasteiger partial charge in [0, 0.05) is 0 Å². The van der Waals surface area contributed by atoms with Crippen LogP contribution in [0.3, 0.4) is 0 Å². The molecule has 0 heterocycles. The van der Waals surface area contributed by atoms with Gasteiger partial charge in [-0.2, -0.15) is 0 Å². The van der Waals surface area contributed by atoms with E-state index in [0.29, 0.717) is 0 Å². The SMILES string of the molecule is c1ccc(Oc2ccc(-c3ccccc3P(c3ccccc3)c3ccccc3)cc2)cc1. The van der Waals surface area contributed by atoms with Gasteiger partial charge in [-0.15, -0.1) is 0 Å². The normalized spacial score (nSPS) is 10.8. The van der Waals surface area contributed by atoms with Crippen molar-refractivity contribution in [1.29, 1.82) is 0 Å². The molecule has 154 valence electrons. The topological polar surface area (TPSA) is 9.23 Å². The third kappa shape index (κ3) is 4.49. The Hall–Kier alpha value is -3.67. The maximum atomic E-state index is 5.99. The number of benzene rings is 5. The average Bonchev–Trinajstić information content (AvgIpc) is 2.87. The second kappa shape index (κ2) is 9.64. The summed E-state index contributed by atoms with van der Waals surface area (Å²) in [5, 5.41) is 4.06. The molecule has 0 aliphatic rings. The van der Waals surface area contributed by atoms with E-state index in [-0.39, 0.29) is 0 Å². The van der Waals surface area contributed by atoms with Crippen molar-refractivity contribution in [3.8, 4) is 22.6 Å². The van der Waals surface area contributed by atoms with E-state index in [1.807, 2.05) is 42.5 Å². The van der Waals surface area contributed by atoms with E-state index < -0.39 is 7.92 Å². The molecule has 0 N–H and O–H groups in total. The van der Waals surface area contributed by atoms with Crippen molar-refractivity contribution in [2.24, 2.45) is 0 Å².